The predicted octanol–water partition coefficient (Wildman–Crippen LogP) is 2.49. The van der Waals surface area contributed by atoms with Gasteiger partial charge in [0.2, 0.25) is 0 Å². The maximum Gasteiger partial charge on any atom is 0.387 e. The molecule has 7 heteroatoms. The minimum atomic E-state index is -2.86. The van der Waals surface area contributed by atoms with Crippen LogP contribution in [0, 0.1) is 0 Å². The third kappa shape index (κ3) is 3.69. The molecule has 0 aliphatic rings. The van der Waals surface area contributed by atoms with Crippen molar-refractivity contribution >= 4 is 11.3 Å². The van der Waals surface area contributed by atoms with Crippen molar-refractivity contribution < 1.29 is 13.5 Å². The second-order valence-electron chi connectivity index (χ2n) is 3.77. The molecule has 102 valence electrons. The number of thiazole rings is 1. The van der Waals surface area contributed by atoms with E-state index in [1.807, 2.05) is 5.38 Å². The third-order valence-corrected chi connectivity index (χ3v) is 3.38. The van der Waals surface area contributed by atoms with E-state index in [0.29, 0.717) is 12.0 Å². The Balaban J connectivity index is 2.22. The monoisotopic (exact) mass is 285 g/mol. The zero-order valence-corrected chi connectivity index (χ0v) is 10.7. The molecule has 19 heavy (non-hydrogen) atoms. The average molecular weight is 285 g/mol. The van der Waals surface area contributed by atoms with Crippen molar-refractivity contribution in [3.8, 4) is 5.75 Å². The molecule has 0 fully saturated rings. The van der Waals surface area contributed by atoms with Crippen LogP contribution in [0.4, 0.5) is 8.78 Å². The number of aromatic nitrogens is 1. The summed E-state index contributed by atoms with van der Waals surface area (Å²) >= 11 is 1.49. The number of para-hydroxylation sites is 1. The number of nitrogens with two attached hydrogens (primary N) is 1. The van der Waals surface area contributed by atoms with E-state index in [0.717, 1.165) is 5.01 Å². The van der Waals surface area contributed by atoms with Crippen LogP contribution in [0.1, 0.15) is 16.6 Å². The minimum Gasteiger partial charge on any atom is -0.434 e. The van der Waals surface area contributed by atoms with Crippen LogP contribution in [0.2, 0.25) is 0 Å². The van der Waals surface area contributed by atoms with E-state index < -0.39 is 6.61 Å². The summed E-state index contributed by atoms with van der Waals surface area (Å²) in [7, 11) is 0. The fourth-order valence-corrected chi connectivity index (χ4v) is 2.42. The van der Waals surface area contributed by atoms with Crippen molar-refractivity contribution in [3.05, 3.63) is 46.4 Å². The van der Waals surface area contributed by atoms with Crippen LogP contribution in [0.15, 0.2) is 35.8 Å². The van der Waals surface area contributed by atoms with Crippen LogP contribution in [-0.2, 0) is 6.42 Å². The second kappa shape index (κ2) is 6.55. The Morgan fingerprint density at radius 3 is 2.79 bits per heavy atom. The zero-order chi connectivity index (χ0) is 13.7. The van der Waals surface area contributed by atoms with E-state index in [1.165, 1.54) is 17.4 Å². The van der Waals surface area contributed by atoms with Gasteiger partial charge in [0.15, 0.2) is 0 Å². The van der Waals surface area contributed by atoms with E-state index >= 15 is 0 Å². The number of nitrogens with zero attached hydrogens (tertiary/aromatic N) is 1. The molecule has 0 aliphatic heterocycles. The van der Waals surface area contributed by atoms with Gasteiger partial charge in [0.25, 0.3) is 0 Å². The first-order valence-electron chi connectivity index (χ1n) is 5.59. The highest BCUT2D eigenvalue weighted by atomic mass is 32.1. The molecule has 3 N–H and O–H groups in total. The lowest BCUT2D eigenvalue weighted by molar-refractivity contribution is -0.0507. The summed E-state index contributed by atoms with van der Waals surface area (Å²) < 4.78 is 29.2. The number of alkyl halides is 2. The fourth-order valence-electron chi connectivity index (χ4n) is 1.76. The Kier molecular flexibility index (Phi) is 4.78. The van der Waals surface area contributed by atoms with Crippen molar-refractivity contribution in [1.82, 2.24) is 10.4 Å². The third-order valence-electron chi connectivity index (χ3n) is 2.57. The van der Waals surface area contributed by atoms with Crippen molar-refractivity contribution in [2.75, 3.05) is 0 Å². The lowest BCUT2D eigenvalue weighted by Gasteiger charge is -2.18. The molecule has 0 saturated heterocycles. The first-order valence-corrected chi connectivity index (χ1v) is 6.47. The van der Waals surface area contributed by atoms with Gasteiger partial charge in [-0.05, 0) is 6.07 Å². The molecule has 1 unspecified atom stereocenters. The number of hydrazine groups is 1. The first-order chi connectivity index (χ1) is 9.20. The molecule has 0 aliphatic carbocycles. The Labute approximate surface area is 113 Å². The number of hydrogen-bond donors (Lipinski definition) is 2. The quantitative estimate of drug-likeness (QED) is 0.632. The predicted molar refractivity (Wildman–Crippen MR) is 69.0 cm³/mol. The van der Waals surface area contributed by atoms with E-state index in [-0.39, 0.29) is 11.8 Å². The van der Waals surface area contributed by atoms with Gasteiger partial charge in [-0.15, -0.1) is 11.3 Å². The van der Waals surface area contributed by atoms with E-state index in [4.69, 9.17) is 5.84 Å². The minimum absolute atomic E-state index is 0.122. The largest absolute Gasteiger partial charge is 0.434 e. The number of nitrogens with one attached hydrogen (secondary N) is 1. The molecule has 0 radical (unpaired) electrons. The summed E-state index contributed by atoms with van der Waals surface area (Å²) in [4.78, 5) is 4.15. The molecule has 0 saturated carbocycles. The van der Waals surface area contributed by atoms with Gasteiger partial charge in [-0.2, -0.15) is 8.78 Å². The van der Waals surface area contributed by atoms with Gasteiger partial charge >= 0.3 is 6.61 Å². The fraction of sp³-hybridized carbons (Fsp3) is 0.250. The van der Waals surface area contributed by atoms with Crippen molar-refractivity contribution in [2.24, 2.45) is 5.84 Å². The van der Waals surface area contributed by atoms with Crippen LogP contribution in [0.25, 0.3) is 0 Å². The molecule has 0 spiro atoms. The number of rotatable bonds is 6. The van der Waals surface area contributed by atoms with Gasteiger partial charge in [0.05, 0.1) is 11.0 Å². The number of halogens is 2. The SMILES string of the molecule is NNC(Cc1nccs1)c1ccccc1OC(F)F. The van der Waals surface area contributed by atoms with Crippen LogP contribution >= 0.6 is 11.3 Å². The Bertz CT molecular complexity index is 507. The molecule has 0 amide bonds. The highest BCUT2D eigenvalue weighted by Gasteiger charge is 2.18. The molecule has 1 aromatic heterocycles. The molecule has 2 aromatic rings. The van der Waals surface area contributed by atoms with Crippen LogP contribution in [0.3, 0.4) is 0 Å². The van der Waals surface area contributed by atoms with Gasteiger partial charge in [-0.25, -0.2) is 4.98 Å². The van der Waals surface area contributed by atoms with Gasteiger partial charge in [-0.3, -0.25) is 11.3 Å². The van der Waals surface area contributed by atoms with Crippen molar-refractivity contribution in [2.45, 2.75) is 19.1 Å². The Morgan fingerprint density at radius 2 is 2.16 bits per heavy atom. The van der Waals surface area contributed by atoms with Crippen molar-refractivity contribution in [3.63, 3.8) is 0 Å². The lowest BCUT2D eigenvalue weighted by atomic mass is 10.0. The first kappa shape index (κ1) is 13.9. The maximum absolute atomic E-state index is 12.4. The van der Waals surface area contributed by atoms with E-state index in [9.17, 15) is 8.78 Å². The smallest absolute Gasteiger partial charge is 0.387 e. The Hall–Kier alpha value is -1.57. The van der Waals surface area contributed by atoms with Crippen molar-refractivity contribution in [1.29, 1.82) is 0 Å². The lowest BCUT2D eigenvalue weighted by Crippen LogP contribution is -2.30. The standard InChI is InChI=1S/C12H13F2N3OS/c13-12(14)18-10-4-2-1-3-8(10)9(17-15)7-11-16-5-6-19-11/h1-6,9,12,17H,7,15H2. The molecule has 0 bridgehead atoms. The van der Waals surface area contributed by atoms with Gasteiger partial charge < -0.3 is 4.74 Å². The summed E-state index contributed by atoms with van der Waals surface area (Å²) in [6.07, 6.45) is 2.20. The number of hydrogen-bond acceptors (Lipinski definition) is 5. The number of ether oxygens (including phenoxy) is 1. The van der Waals surface area contributed by atoms with Gasteiger partial charge in [-0.1, -0.05) is 18.2 Å². The zero-order valence-electron chi connectivity index (χ0n) is 9.92. The van der Waals surface area contributed by atoms with Crippen LogP contribution in [0.5, 0.6) is 5.75 Å². The molecule has 1 atom stereocenters. The normalized spacial score (nSPS) is 12.6. The molecule has 1 heterocycles. The summed E-state index contributed by atoms with van der Waals surface area (Å²) in [6, 6.07) is 6.25. The highest BCUT2D eigenvalue weighted by molar-refractivity contribution is 7.09. The highest BCUT2D eigenvalue weighted by Crippen LogP contribution is 2.28. The second-order valence-corrected chi connectivity index (χ2v) is 4.74. The summed E-state index contributed by atoms with van der Waals surface area (Å²) in [6.45, 7) is -2.86. The molecule has 2 rings (SSSR count). The average Bonchev–Trinajstić information content (AvgIpc) is 2.89. The summed E-state index contributed by atoms with van der Waals surface area (Å²) in [5.41, 5.74) is 3.20. The molecule has 4 nitrogen and oxygen atoms in total. The molecule has 1 aromatic carbocycles. The van der Waals surface area contributed by atoms with Gasteiger partial charge in [0, 0.05) is 23.6 Å². The van der Waals surface area contributed by atoms with Gasteiger partial charge in [0.1, 0.15) is 5.75 Å². The number of benzene rings is 1. The summed E-state index contributed by atoms with van der Waals surface area (Å²) in [5.74, 6) is 5.63. The van der Waals surface area contributed by atoms with E-state index in [2.05, 4.69) is 15.1 Å². The van der Waals surface area contributed by atoms with Crippen LogP contribution in [-0.4, -0.2) is 11.6 Å². The molecular formula is C12H13F2N3OS. The van der Waals surface area contributed by atoms with E-state index in [1.54, 1.807) is 24.4 Å². The maximum atomic E-state index is 12.4. The molecular weight excluding hydrogens is 272 g/mol. The van der Waals surface area contributed by atoms with Crippen LogP contribution < -0.4 is 16.0 Å². The summed E-state index contributed by atoms with van der Waals surface area (Å²) in [5, 5.41) is 2.72. The Morgan fingerprint density at radius 1 is 1.37 bits per heavy atom. The topological polar surface area (TPSA) is 60.2 Å².